The lowest BCUT2D eigenvalue weighted by Gasteiger charge is -2.10. The van der Waals surface area contributed by atoms with Gasteiger partial charge in [0.25, 0.3) is 5.91 Å². The second-order valence-electron chi connectivity index (χ2n) is 3.61. The second-order valence-corrected chi connectivity index (χ2v) is 4.41. The minimum absolute atomic E-state index is 0.228. The molecule has 3 nitrogen and oxygen atoms in total. The molecule has 1 heterocycles. The van der Waals surface area contributed by atoms with Crippen molar-refractivity contribution in [3.8, 4) is 11.1 Å². The first-order valence-electron chi connectivity index (χ1n) is 5.26. The van der Waals surface area contributed by atoms with E-state index in [1.54, 1.807) is 19.2 Å². The van der Waals surface area contributed by atoms with Crippen LogP contribution in [0.1, 0.15) is 10.4 Å². The summed E-state index contributed by atoms with van der Waals surface area (Å²) >= 11 is 12.0. The van der Waals surface area contributed by atoms with Crippen LogP contribution in [-0.4, -0.2) is 17.9 Å². The first-order chi connectivity index (χ1) is 8.63. The highest BCUT2D eigenvalue weighted by Gasteiger charge is 2.14. The molecule has 0 atom stereocenters. The molecule has 18 heavy (non-hydrogen) atoms. The van der Waals surface area contributed by atoms with E-state index in [4.69, 9.17) is 23.2 Å². The SMILES string of the molecule is CNC(=O)c1cnc(Cl)cc1-c1ccccc1Cl. The molecule has 2 aromatic rings. The van der Waals surface area contributed by atoms with Crippen LogP contribution >= 0.6 is 23.2 Å². The summed E-state index contributed by atoms with van der Waals surface area (Å²) in [6, 6.07) is 8.91. The molecule has 0 bridgehead atoms. The van der Waals surface area contributed by atoms with E-state index in [0.717, 1.165) is 5.56 Å². The quantitative estimate of drug-likeness (QED) is 0.857. The fraction of sp³-hybridized carbons (Fsp3) is 0.0769. The lowest BCUT2D eigenvalue weighted by molar-refractivity contribution is 0.0963. The fourth-order valence-electron chi connectivity index (χ4n) is 1.65. The summed E-state index contributed by atoms with van der Waals surface area (Å²) in [6.45, 7) is 0. The van der Waals surface area contributed by atoms with E-state index in [2.05, 4.69) is 10.3 Å². The summed E-state index contributed by atoms with van der Waals surface area (Å²) in [6.07, 6.45) is 1.44. The molecule has 1 amide bonds. The summed E-state index contributed by atoms with van der Waals surface area (Å²) in [5.41, 5.74) is 1.86. The topological polar surface area (TPSA) is 42.0 Å². The van der Waals surface area contributed by atoms with Crippen molar-refractivity contribution >= 4 is 29.1 Å². The Morgan fingerprint density at radius 3 is 2.61 bits per heavy atom. The third-order valence-electron chi connectivity index (χ3n) is 2.51. The van der Waals surface area contributed by atoms with Crippen LogP contribution in [-0.2, 0) is 0 Å². The maximum absolute atomic E-state index is 11.8. The van der Waals surface area contributed by atoms with Gasteiger partial charge in [-0.3, -0.25) is 4.79 Å². The number of carbonyl (C=O) groups excluding carboxylic acids is 1. The number of pyridine rings is 1. The van der Waals surface area contributed by atoms with E-state index >= 15 is 0 Å². The van der Waals surface area contributed by atoms with Crippen LogP contribution in [0.3, 0.4) is 0 Å². The summed E-state index contributed by atoms with van der Waals surface area (Å²) in [5.74, 6) is -0.228. The highest BCUT2D eigenvalue weighted by molar-refractivity contribution is 6.34. The number of hydrogen-bond donors (Lipinski definition) is 1. The van der Waals surface area contributed by atoms with Gasteiger partial charge in [0, 0.05) is 29.4 Å². The third kappa shape index (κ3) is 2.47. The monoisotopic (exact) mass is 280 g/mol. The molecular weight excluding hydrogens is 271 g/mol. The predicted octanol–water partition coefficient (Wildman–Crippen LogP) is 3.42. The van der Waals surface area contributed by atoms with Gasteiger partial charge in [-0.2, -0.15) is 0 Å². The Morgan fingerprint density at radius 1 is 1.22 bits per heavy atom. The number of nitrogens with zero attached hydrogens (tertiary/aromatic N) is 1. The molecule has 0 aliphatic heterocycles. The van der Waals surface area contributed by atoms with Gasteiger partial charge in [0.05, 0.1) is 5.56 Å². The fourth-order valence-corrected chi connectivity index (χ4v) is 2.04. The Kier molecular flexibility index (Phi) is 3.84. The maximum atomic E-state index is 11.8. The van der Waals surface area contributed by atoms with Crippen LogP contribution in [0.25, 0.3) is 11.1 Å². The van der Waals surface area contributed by atoms with E-state index < -0.39 is 0 Å². The molecule has 0 aliphatic rings. The number of amides is 1. The molecule has 1 aromatic heterocycles. The van der Waals surface area contributed by atoms with Crippen molar-refractivity contribution in [3.05, 3.63) is 52.3 Å². The molecule has 0 saturated carbocycles. The van der Waals surface area contributed by atoms with E-state index in [1.807, 2.05) is 18.2 Å². The van der Waals surface area contributed by atoms with Crippen molar-refractivity contribution in [3.63, 3.8) is 0 Å². The van der Waals surface area contributed by atoms with Crippen LogP contribution in [0, 0.1) is 0 Å². The molecule has 0 aliphatic carbocycles. The van der Waals surface area contributed by atoms with E-state index in [9.17, 15) is 4.79 Å². The number of hydrogen-bond acceptors (Lipinski definition) is 2. The van der Waals surface area contributed by atoms with Crippen LogP contribution in [0.5, 0.6) is 0 Å². The molecule has 0 spiro atoms. The number of halogens is 2. The Balaban J connectivity index is 2.66. The van der Waals surface area contributed by atoms with Gasteiger partial charge in [0.1, 0.15) is 5.15 Å². The lowest BCUT2D eigenvalue weighted by Crippen LogP contribution is -2.19. The number of carbonyl (C=O) groups is 1. The molecule has 0 radical (unpaired) electrons. The lowest BCUT2D eigenvalue weighted by atomic mass is 10.0. The van der Waals surface area contributed by atoms with Crippen molar-refractivity contribution in [1.82, 2.24) is 10.3 Å². The largest absolute Gasteiger partial charge is 0.355 e. The van der Waals surface area contributed by atoms with Gasteiger partial charge in [0.2, 0.25) is 0 Å². The highest BCUT2D eigenvalue weighted by Crippen LogP contribution is 2.31. The third-order valence-corrected chi connectivity index (χ3v) is 3.04. The number of benzene rings is 1. The molecule has 1 aromatic carbocycles. The van der Waals surface area contributed by atoms with Crippen LogP contribution in [0.15, 0.2) is 36.5 Å². The summed E-state index contributed by atoms with van der Waals surface area (Å²) in [7, 11) is 1.56. The minimum atomic E-state index is -0.228. The standard InChI is InChI=1S/C13H10Cl2N2O/c1-16-13(18)10-7-17-12(15)6-9(10)8-4-2-3-5-11(8)14/h2-7H,1H3,(H,16,18). The molecule has 0 unspecified atom stereocenters. The minimum Gasteiger partial charge on any atom is -0.355 e. The zero-order valence-corrected chi connectivity index (χ0v) is 11.1. The van der Waals surface area contributed by atoms with Gasteiger partial charge in [-0.1, -0.05) is 41.4 Å². The van der Waals surface area contributed by atoms with Gasteiger partial charge >= 0.3 is 0 Å². The summed E-state index contributed by atoms with van der Waals surface area (Å²) in [4.78, 5) is 15.7. The molecule has 1 N–H and O–H groups in total. The van der Waals surface area contributed by atoms with Crippen molar-refractivity contribution < 1.29 is 4.79 Å². The summed E-state index contributed by atoms with van der Waals surface area (Å²) < 4.78 is 0. The van der Waals surface area contributed by atoms with Crippen molar-refractivity contribution in [2.75, 3.05) is 7.05 Å². The molecule has 2 rings (SSSR count). The first kappa shape index (κ1) is 12.9. The highest BCUT2D eigenvalue weighted by atomic mass is 35.5. The smallest absolute Gasteiger partial charge is 0.253 e. The number of rotatable bonds is 2. The first-order valence-corrected chi connectivity index (χ1v) is 6.01. The second kappa shape index (κ2) is 5.38. The van der Waals surface area contributed by atoms with E-state index in [-0.39, 0.29) is 5.91 Å². The maximum Gasteiger partial charge on any atom is 0.253 e. The van der Waals surface area contributed by atoms with Crippen LogP contribution in [0.2, 0.25) is 10.2 Å². The average molecular weight is 281 g/mol. The molecule has 92 valence electrons. The van der Waals surface area contributed by atoms with Crippen molar-refractivity contribution in [2.45, 2.75) is 0 Å². The molecule has 0 fully saturated rings. The summed E-state index contributed by atoms with van der Waals surface area (Å²) in [5, 5.41) is 3.44. The van der Waals surface area contributed by atoms with E-state index in [0.29, 0.717) is 21.3 Å². The van der Waals surface area contributed by atoms with Crippen molar-refractivity contribution in [2.24, 2.45) is 0 Å². The van der Waals surface area contributed by atoms with E-state index in [1.165, 1.54) is 6.20 Å². The van der Waals surface area contributed by atoms with Gasteiger partial charge < -0.3 is 5.32 Å². The molecule has 5 heteroatoms. The van der Waals surface area contributed by atoms with Gasteiger partial charge in [-0.05, 0) is 12.1 Å². The van der Waals surface area contributed by atoms with Gasteiger partial charge in [-0.25, -0.2) is 4.98 Å². The normalized spacial score (nSPS) is 10.2. The molecule has 0 saturated heterocycles. The Hall–Kier alpha value is -1.58. The Bertz CT molecular complexity index is 599. The van der Waals surface area contributed by atoms with Crippen LogP contribution < -0.4 is 5.32 Å². The Labute approximate surface area is 115 Å². The predicted molar refractivity (Wildman–Crippen MR) is 73.1 cm³/mol. The number of nitrogens with one attached hydrogen (secondary N) is 1. The van der Waals surface area contributed by atoms with Gasteiger partial charge in [-0.15, -0.1) is 0 Å². The van der Waals surface area contributed by atoms with Crippen molar-refractivity contribution in [1.29, 1.82) is 0 Å². The zero-order valence-electron chi connectivity index (χ0n) is 9.58. The number of aromatic nitrogens is 1. The zero-order chi connectivity index (χ0) is 13.1. The Morgan fingerprint density at radius 2 is 1.94 bits per heavy atom. The molecular formula is C13H10Cl2N2O. The van der Waals surface area contributed by atoms with Gasteiger partial charge in [0.15, 0.2) is 0 Å². The van der Waals surface area contributed by atoms with Crippen LogP contribution in [0.4, 0.5) is 0 Å². The average Bonchev–Trinajstić information content (AvgIpc) is 2.38.